The van der Waals surface area contributed by atoms with Crippen molar-refractivity contribution in [1.82, 2.24) is 16.0 Å². The number of carbonyl (C=O) groups excluding carboxylic acids is 1. The van der Waals surface area contributed by atoms with Gasteiger partial charge in [0.05, 0.1) is 18.7 Å². The van der Waals surface area contributed by atoms with E-state index in [-0.39, 0.29) is 24.7 Å². The number of rotatable bonds is 11. The minimum absolute atomic E-state index is 0.0368. The Bertz CT molecular complexity index is 1060. The van der Waals surface area contributed by atoms with Crippen molar-refractivity contribution in [3.63, 3.8) is 0 Å². The molecular weight excluding hydrogens is 474 g/mol. The Morgan fingerprint density at radius 2 is 1.39 bits per heavy atom. The lowest BCUT2D eigenvalue weighted by molar-refractivity contribution is 0.0470. The Labute approximate surface area is 226 Å². The molecule has 0 spiro atoms. The van der Waals surface area contributed by atoms with E-state index in [1.54, 1.807) is 0 Å². The summed E-state index contributed by atoms with van der Waals surface area (Å²) in [6, 6.07) is 28.3. The van der Waals surface area contributed by atoms with E-state index in [1.807, 2.05) is 97.9 Å². The standard InChI is InChI=1S/C32H41N3O3/c1-24(32(38,27-13-7-3-8-14-27)28-15-9-4-10-16-28)34-31(37)35-29-19-17-25(18-20-29)21-22-33-30(23-36)26-11-5-2-6-12-26/h2-16,24-25,29-30,33,36,38H,17-23H2,1H3,(H2,34,35,37)/t24-,25?,29?,30-/m1/s1. The molecule has 4 rings (SSSR count). The average Bonchev–Trinajstić information content (AvgIpc) is 2.97. The number of aliphatic hydroxyl groups excluding tert-OH is 1. The van der Waals surface area contributed by atoms with Gasteiger partial charge in [0.15, 0.2) is 0 Å². The van der Waals surface area contributed by atoms with Crippen LogP contribution in [0.15, 0.2) is 91.0 Å². The van der Waals surface area contributed by atoms with E-state index in [4.69, 9.17) is 0 Å². The predicted molar refractivity (Wildman–Crippen MR) is 152 cm³/mol. The zero-order chi connectivity index (χ0) is 26.8. The molecule has 1 saturated carbocycles. The second-order valence-corrected chi connectivity index (χ2v) is 10.4. The van der Waals surface area contributed by atoms with Crippen LogP contribution in [-0.4, -0.2) is 41.5 Å². The summed E-state index contributed by atoms with van der Waals surface area (Å²) in [4.78, 5) is 13.0. The molecule has 0 unspecified atom stereocenters. The fourth-order valence-electron chi connectivity index (χ4n) is 5.61. The van der Waals surface area contributed by atoms with Crippen LogP contribution in [0.25, 0.3) is 0 Å². The van der Waals surface area contributed by atoms with Crippen molar-refractivity contribution in [1.29, 1.82) is 0 Å². The summed E-state index contributed by atoms with van der Waals surface area (Å²) in [6.07, 6.45) is 5.07. The Balaban J connectivity index is 1.25. The molecule has 1 aliphatic rings. The van der Waals surface area contributed by atoms with Gasteiger partial charge in [-0.05, 0) is 68.2 Å². The molecule has 38 heavy (non-hydrogen) atoms. The van der Waals surface area contributed by atoms with Gasteiger partial charge in [-0.25, -0.2) is 4.79 Å². The third-order valence-electron chi connectivity index (χ3n) is 7.91. The molecule has 6 heteroatoms. The third kappa shape index (κ3) is 7.01. The van der Waals surface area contributed by atoms with Crippen molar-refractivity contribution in [2.45, 2.75) is 62.8 Å². The van der Waals surface area contributed by atoms with E-state index in [0.29, 0.717) is 5.92 Å². The molecule has 6 nitrogen and oxygen atoms in total. The number of hydrogen-bond donors (Lipinski definition) is 5. The highest BCUT2D eigenvalue weighted by Gasteiger charge is 2.38. The van der Waals surface area contributed by atoms with Crippen LogP contribution in [0, 0.1) is 5.92 Å². The second-order valence-electron chi connectivity index (χ2n) is 10.4. The number of amides is 2. The number of carbonyl (C=O) groups is 1. The average molecular weight is 516 g/mol. The molecular formula is C32H41N3O3. The summed E-state index contributed by atoms with van der Waals surface area (Å²) in [5, 5.41) is 31.2. The zero-order valence-corrected chi connectivity index (χ0v) is 22.2. The Hall–Kier alpha value is -3.19. The first kappa shape index (κ1) is 27.8. The second kappa shape index (κ2) is 13.6. The van der Waals surface area contributed by atoms with Gasteiger partial charge < -0.3 is 26.2 Å². The maximum absolute atomic E-state index is 13.0. The number of urea groups is 1. The molecule has 0 saturated heterocycles. The molecule has 5 N–H and O–H groups in total. The first-order valence-electron chi connectivity index (χ1n) is 13.8. The van der Waals surface area contributed by atoms with Gasteiger partial charge in [-0.2, -0.15) is 0 Å². The van der Waals surface area contributed by atoms with Crippen molar-refractivity contribution in [2.75, 3.05) is 13.2 Å². The van der Waals surface area contributed by atoms with Crippen LogP contribution in [0.5, 0.6) is 0 Å². The lowest BCUT2D eigenvalue weighted by Crippen LogP contribution is -2.54. The summed E-state index contributed by atoms with van der Waals surface area (Å²) >= 11 is 0. The third-order valence-corrected chi connectivity index (χ3v) is 7.91. The van der Waals surface area contributed by atoms with Crippen molar-refractivity contribution >= 4 is 6.03 Å². The number of hydrogen-bond acceptors (Lipinski definition) is 4. The highest BCUT2D eigenvalue weighted by molar-refractivity contribution is 5.75. The maximum Gasteiger partial charge on any atom is 0.315 e. The molecule has 0 aromatic heterocycles. The highest BCUT2D eigenvalue weighted by atomic mass is 16.3. The van der Waals surface area contributed by atoms with E-state index in [0.717, 1.165) is 55.3 Å². The van der Waals surface area contributed by atoms with Crippen molar-refractivity contribution in [3.8, 4) is 0 Å². The van der Waals surface area contributed by atoms with Gasteiger partial charge in [0.2, 0.25) is 0 Å². The van der Waals surface area contributed by atoms with Crippen LogP contribution in [0.2, 0.25) is 0 Å². The molecule has 0 heterocycles. The Morgan fingerprint density at radius 1 is 0.868 bits per heavy atom. The van der Waals surface area contributed by atoms with E-state index in [2.05, 4.69) is 16.0 Å². The summed E-state index contributed by atoms with van der Waals surface area (Å²) in [6.45, 7) is 2.79. The van der Waals surface area contributed by atoms with E-state index >= 15 is 0 Å². The number of aliphatic hydroxyl groups is 2. The first-order chi connectivity index (χ1) is 18.5. The van der Waals surface area contributed by atoms with E-state index in [9.17, 15) is 15.0 Å². The Kier molecular flexibility index (Phi) is 9.93. The fourth-order valence-corrected chi connectivity index (χ4v) is 5.61. The summed E-state index contributed by atoms with van der Waals surface area (Å²) in [5.41, 5.74) is 1.23. The van der Waals surface area contributed by atoms with Gasteiger partial charge in [0, 0.05) is 6.04 Å². The molecule has 202 valence electrons. The number of nitrogens with one attached hydrogen (secondary N) is 3. The molecule has 2 amide bonds. The minimum atomic E-state index is -1.35. The van der Waals surface area contributed by atoms with Gasteiger partial charge >= 0.3 is 6.03 Å². The maximum atomic E-state index is 13.0. The highest BCUT2D eigenvalue weighted by Crippen LogP contribution is 2.33. The van der Waals surface area contributed by atoms with Gasteiger partial charge in [-0.1, -0.05) is 91.0 Å². The molecule has 0 aliphatic heterocycles. The van der Waals surface area contributed by atoms with Gasteiger partial charge in [-0.3, -0.25) is 0 Å². The van der Waals surface area contributed by atoms with Crippen LogP contribution < -0.4 is 16.0 Å². The normalized spacial score (nSPS) is 19.3. The van der Waals surface area contributed by atoms with E-state index in [1.165, 1.54) is 0 Å². The largest absolute Gasteiger partial charge is 0.394 e. The summed E-state index contributed by atoms with van der Waals surface area (Å²) in [7, 11) is 0. The summed E-state index contributed by atoms with van der Waals surface area (Å²) in [5.74, 6) is 0.610. The predicted octanol–water partition coefficient (Wildman–Crippen LogP) is 4.88. The minimum Gasteiger partial charge on any atom is -0.394 e. The smallest absolute Gasteiger partial charge is 0.315 e. The van der Waals surface area contributed by atoms with Gasteiger partial charge in [0.25, 0.3) is 0 Å². The van der Waals surface area contributed by atoms with Crippen LogP contribution in [0.1, 0.15) is 61.8 Å². The van der Waals surface area contributed by atoms with E-state index < -0.39 is 11.6 Å². The molecule has 0 radical (unpaired) electrons. The Morgan fingerprint density at radius 3 is 1.92 bits per heavy atom. The first-order valence-corrected chi connectivity index (χ1v) is 13.8. The lowest BCUT2D eigenvalue weighted by atomic mass is 9.81. The zero-order valence-electron chi connectivity index (χ0n) is 22.2. The topological polar surface area (TPSA) is 93.6 Å². The van der Waals surface area contributed by atoms with Crippen molar-refractivity contribution < 1.29 is 15.0 Å². The summed E-state index contributed by atoms with van der Waals surface area (Å²) < 4.78 is 0. The van der Waals surface area contributed by atoms with Crippen LogP contribution >= 0.6 is 0 Å². The quantitative estimate of drug-likeness (QED) is 0.252. The van der Waals surface area contributed by atoms with Gasteiger partial charge in [0.1, 0.15) is 5.60 Å². The molecule has 1 fully saturated rings. The van der Waals surface area contributed by atoms with Crippen LogP contribution in [0.4, 0.5) is 4.79 Å². The van der Waals surface area contributed by atoms with Gasteiger partial charge in [-0.15, -0.1) is 0 Å². The molecule has 3 aromatic rings. The fraction of sp³-hybridized carbons (Fsp3) is 0.406. The van der Waals surface area contributed by atoms with Crippen LogP contribution in [-0.2, 0) is 5.60 Å². The van der Waals surface area contributed by atoms with Crippen molar-refractivity contribution in [3.05, 3.63) is 108 Å². The molecule has 2 atom stereocenters. The van der Waals surface area contributed by atoms with Crippen LogP contribution in [0.3, 0.4) is 0 Å². The molecule has 3 aromatic carbocycles. The monoisotopic (exact) mass is 515 g/mol. The molecule has 0 bridgehead atoms. The molecule has 1 aliphatic carbocycles. The lowest BCUT2D eigenvalue weighted by Gasteiger charge is -2.36. The SMILES string of the molecule is C[C@@H](NC(=O)NC1CCC(CCN[C@H](CO)c2ccccc2)CC1)C(O)(c1ccccc1)c1ccccc1. The van der Waals surface area contributed by atoms with Crippen molar-refractivity contribution in [2.24, 2.45) is 5.92 Å². The number of benzene rings is 3.